The number of aromatic nitrogens is 2. The van der Waals surface area contributed by atoms with Gasteiger partial charge in [0, 0.05) is 45.6 Å². The Morgan fingerprint density at radius 3 is 2.72 bits per heavy atom. The van der Waals surface area contributed by atoms with E-state index in [4.69, 9.17) is 0 Å². The van der Waals surface area contributed by atoms with E-state index in [1.807, 2.05) is 42.3 Å². The van der Waals surface area contributed by atoms with Gasteiger partial charge in [0.05, 0.1) is 11.6 Å². The molecule has 2 aliphatic heterocycles. The van der Waals surface area contributed by atoms with Gasteiger partial charge in [-0.2, -0.15) is 0 Å². The number of carbonyl (C=O) groups is 1. The molecule has 6 heteroatoms. The number of carbonyl (C=O) groups excluding carboxylic acids is 1. The summed E-state index contributed by atoms with van der Waals surface area (Å²) in [5.41, 5.74) is 0.921. The average molecular weight is 337 g/mol. The van der Waals surface area contributed by atoms with Crippen molar-refractivity contribution in [1.82, 2.24) is 9.97 Å². The molecule has 2 atom stereocenters. The molecule has 130 valence electrons. The SMILES string of the molecule is C[C@@H]1CN(c2ccccn2)C[C@H]1C(=O)N1CCN(C)c2ncccc21. The van der Waals surface area contributed by atoms with Gasteiger partial charge < -0.3 is 14.7 Å². The van der Waals surface area contributed by atoms with E-state index in [1.165, 1.54) is 0 Å². The van der Waals surface area contributed by atoms with Crippen LogP contribution in [0.25, 0.3) is 0 Å². The van der Waals surface area contributed by atoms with Crippen molar-refractivity contribution in [2.45, 2.75) is 6.92 Å². The fraction of sp³-hybridized carbons (Fsp3) is 0.421. The molecule has 6 nitrogen and oxygen atoms in total. The molecular weight excluding hydrogens is 314 g/mol. The number of amides is 1. The zero-order valence-electron chi connectivity index (χ0n) is 14.7. The number of pyridine rings is 2. The van der Waals surface area contributed by atoms with Crippen LogP contribution in [0.2, 0.25) is 0 Å². The molecule has 1 fully saturated rings. The van der Waals surface area contributed by atoms with Crippen LogP contribution in [0.3, 0.4) is 0 Å². The lowest BCUT2D eigenvalue weighted by Crippen LogP contribution is -2.46. The molecule has 0 N–H and O–H groups in total. The Morgan fingerprint density at radius 1 is 1.08 bits per heavy atom. The highest BCUT2D eigenvalue weighted by atomic mass is 16.2. The Hall–Kier alpha value is -2.63. The van der Waals surface area contributed by atoms with Crippen molar-refractivity contribution in [3.63, 3.8) is 0 Å². The number of hydrogen-bond acceptors (Lipinski definition) is 5. The number of fused-ring (bicyclic) bond motifs is 1. The quantitative estimate of drug-likeness (QED) is 0.839. The molecule has 1 amide bonds. The van der Waals surface area contributed by atoms with Crippen molar-refractivity contribution in [2.75, 3.05) is 47.9 Å². The van der Waals surface area contributed by atoms with Gasteiger partial charge in [0.1, 0.15) is 5.82 Å². The summed E-state index contributed by atoms with van der Waals surface area (Å²) in [5, 5.41) is 0. The lowest BCUT2D eigenvalue weighted by atomic mass is 9.96. The zero-order valence-corrected chi connectivity index (χ0v) is 14.7. The van der Waals surface area contributed by atoms with E-state index in [-0.39, 0.29) is 11.8 Å². The average Bonchev–Trinajstić information content (AvgIpc) is 3.04. The van der Waals surface area contributed by atoms with Crippen molar-refractivity contribution >= 4 is 23.2 Å². The Bertz CT molecular complexity index is 765. The van der Waals surface area contributed by atoms with E-state index in [2.05, 4.69) is 26.7 Å². The highest BCUT2D eigenvalue weighted by Gasteiger charge is 2.39. The Kier molecular flexibility index (Phi) is 4.03. The molecule has 0 bridgehead atoms. The summed E-state index contributed by atoms with van der Waals surface area (Å²) in [6.45, 7) is 5.26. The predicted octanol–water partition coefficient (Wildman–Crippen LogP) is 2.03. The first kappa shape index (κ1) is 15.9. The molecular formula is C19H23N5O. The van der Waals surface area contributed by atoms with Crippen LogP contribution in [0.1, 0.15) is 6.92 Å². The van der Waals surface area contributed by atoms with Crippen LogP contribution < -0.4 is 14.7 Å². The van der Waals surface area contributed by atoms with Crippen LogP contribution in [-0.4, -0.2) is 49.1 Å². The predicted molar refractivity (Wildman–Crippen MR) is 99.0 cm³/mol. The van der Waals surface area contributed by atoms with E-state index in [1.54, 1.807) is 12.4 Å². The van der Waals surface area contributed by atoms with Crippen molar-refractivity contribution in [3.05, 3.63) is 42.7 Å². The van der Waals surface area contributed by atoms with Gasteiger partial charge in [-0.05, 0) is 30.2 Å². The maximum Gasteiger partial charge on any atom is 0.232 e. The molecule has 2 aromatic rings. The van der Waals surface area contributed by atoms with Gasteiger partial charge in [0.2, 0.25) is 5.91 Å². The smallest absolute Gasteiger partial charge is 0.232 e. The van der Waals surface area contributed by atoms with Gasteiger partial charge in [-0.15, -0.1) is 0 Å². The zero-order chi connectivity index (χ0) is 17.4. The summed E-state index contributed by atoms with van der Waals surface area (Å²) in [6, 6.07) is 9.81. The van der Waals surface area contributed by atoms with E-state index in [0.29, 0.717) is 12.5 Å². The Morgan fingerprint density at radius 2 is 1.92 bits per heavy atom. The lowest BCUT2D eigenvalue weighted by molar-refractivity contribution is -0.122. The third kappa shape index (κ3) is 2.81. The van der Waals surface area contributed by atoms with Crippen LogP contribution in [0.15, 0.2) is 42.7 Å². The maximum absolute atomic E-state index is 13.3. The summed E-state index contributed by atoms with van der Waals surface area (Å²) in [7, 11) is 2.02. The molecule has 1 saturated heterocycles. The molecule has 25 heavy (non-hydrogen) atoms. The molecule has 0 aliphatic carbocycles. The lowest BCUT2D eigenvalue weighted by Gasteiger charge is -2.36. The van der Waals surface area contributed by atoms with Gasteiger partial charge in [-0.3, -0.25) is 4.79 Å². The summed E-state index contributed by atoms with van der Waals surface area (Å²) in [4.78, 5) is 28.4. The Labute approximate surface area is 148 Å². The second-order valence-corrected chi connectivity index (χ2v) is 6.93. The highest BCUT2D eigenvalue weighted by molar-refractivity contribution is 5.99. The molecule has 4 rings (SSSR count). The first-order valence-electron chi connectivity index (χ1n) is 8.78. The van der Waals surface area contributed by atoms with Crippen LogP contribution in [0.4, 0.5) is 17.3 Å². The van der Waals surface area contributed by atoms with Crippen LogP contribution in [0, 0.1) is 11.8 Å². The Balaban J connectivity index is 1.57. The number of rotatable bonds is 2. The largest absolute Gasteiger partial charge is 0.356 e. The van der Waals surface area contributed by atoms with Crippen LogP contribution in [-0.2, 0) is 4.79 Å². The molecule has 0 unspecified atom stereocenters. The van der Waals surface area contributed by atoms with Crippen molar-refractivity contribution in [3.8, 4) is 0 Å². The van der Waals surface area contributed by atoms with Gasteiger partial charge in [0.15, 0.2) is 5.82 Å². The summed E-state index contributed by atoms with van der Waals surface area (Å²) in [5.74, 6) is 2.32. The van der Waals surface area contributed by atoms with Crippen molar-refractivity contribution < 1.29 is 4.79 Å². The maximum atomic E-state index is 13.3. The van der Waals surface area contributed by atoms with Crippen molar-refractivity contribution in [1.29, 1.82) is 0 Å². The fourth-order valence-corrected chi connectivity index (χ4v) is 3.81. The summed E-state index contributed by atoms with van der Waals surface area (Å²) in [6.07, 6.45) is 3.59. The van der Waals surface area contributed by atoms with E-state index < -0.39 is 0 Å². The molecule has 0 spiro atoms. The minimum Gasteiger partial charge on any atom is -0.356 e. The highest BCUT2D eigenvalue weighted by Crippen LogP contribution is 2.34. The second kappa shape index (κ2) is 6.35. The topological polar surface area (TPSA) is 52.6 Å². The summed E-state index contributed by atoms with van der Waals surface area (Å²) < 4.78 is 0. The third-order valence-electron chi connectivity index (χ3n) is 5.25. The monoisotopic (exact) mass is 337 g/mol. The summed E-state index contributed by atoms with van der Waals surface area (Å²) >= 11 is 0. The molecule has 2 aliphatic rings. The van der Waals surface area contributed by atoms with Gasteiger partial charge >= 0.3 is 0 Å². The first-order valence-corrected chi connectivity index (χ1v) is 8.78. The fourth-order valence-electron chi connectivity index (χ4n) is 3.81. The normalized spacial score (nSPS) is 22.9. The second-order valence-electron chi connectivity index (χ2n) is 6.93. The van der Waals surface area contributed by atoms with Crippen LogP contribution >= 0.6 is 0 Å². The van der Waals surface area contributed by atoms with E-state index in [9.17, 15) is 4.79 Å². The van der Waals surface area contributed by atoms with Gasteiger partial charge in [-0.1, -0.05) is 13.0 Å². The number of nitrogens with zero attached hydrogens (tertiary/aromatic N) is 5. The molecule has 2 aromatic heterocycles. The third-order valence-corrected chi connectivity index (χ3v) is 5.25. The van der Waals surface area contributed by atoms with Gasteiger partial charge in [-0.25, -0.2) is 9.97 Å². The van der Waals surface area contributed by atoms with E-state index in [0.717, 1.165) is 37.0 Å². The number of anilines is 3. The minimum atomic E-state index is -0.0153. The number of likely N-dealkylation sites (N-methyl/N-ethyl adjacent to an activating group) is 1. The van der Waals surface area contributed by atoms with Gasteiger partial charge in [0.25, 0.3) is 0 Å². The number of hydrogen-bond donors (Lipinski definition) is 0. The molecule has 0 aromatic carbocycles. The first-order chi connectivity index (χ1) is 12.1. The molecule has 0 saturated carbocycles. The van der Waals surface area contributed by atoms with Crippen LogP contribution in [0.5, 0.6) is 0 Å². The standard InChI is InChI=1S/C19H23N5O/c1-14-12-23(17-7-3-4-8-20-17)13-15(14)19(25)24-11-10-22(2)18-16(24)6-5-9-21-18/h3-9,14-15H,10-13H2,1-2H3/t14-,15-/m1/s1. The molecule has 4 heterocycles. The molecule has 0 radical (unpaired) electrons. The van der Waals surface area contributed by atoms with Crippen molar-refractivity contribution in [2.24, 2.45) is 11.8 Å². The minimum absolute atomic E-state index is 0.0153. The van der Waals surface area contributed by atoms with E-state index >= 15 is 0 Å².